The van der Waals surface area contributed by atoms with E-state index in [1.165, 1.54) is 42.5 Å². The number of hydrogen-bond donors (Lipinski definition) is 4. The highest BCUT2D eigenvalue weighted by molar-refractivity contribution is 6.35. The fraction of sp³-hybridized carbons (Fsp3) is 0.0357. The van der Waals surface area contributed by atoms with Gasteiger partial charge < -0.3 is 20.3 Å². The van der Waals surface area contributed by atoms with E-state index >= 15 is 0 Å². The van der Waals surface area contributed by atoms with Crippen molar-refractivity contribution in [1.29, 1.82) is 0 Å². The molecule has 0 fully saturated rings. The minimum atomic E-state index is -4.75. The number of para-hydroxylation sites is 1. The summed E-state index contributed by atoms with van der Waals surface area (Å²) in [7, 11) is 0. The van der Waals surface area contributed by atoms with Crippen molar-refractivity contribution < 1.29 is 33.3 Å². The SMILES string of the molecule is O=C(O)c1cccc(-c2cccc(N=Nc3c(O)[nH]c4c(-c5cc(Cl)cc(Cl)c5)c(C(F)(F)F)ccc34)c2O)c1. The molecule has 0 saturated heterocycles. The lowest BCUT2D eigenvalue weighted by atomic mass is 9.96. The second-order valence-electron chi connectivity index (χ2n) is 8.65. The van der Waals surface area contributed by atoms with Crippen LogP contribution < -0.4 is 0 Å². The summed E-state index contributed by atoms with van der Waals surface area (Å²) >= 11 is 12.1. The van der Waals surface area contributed by atoms with Gasteiger partial charge in [-0.25, -0.2) is 4.79 Å². The average Bonchev–Trinajstić information content (AvgIpc) is 3.21. The first kappa shape index (κ1) is 27.0. The third-order valence-electron chi connectivity index (χ3n) is 6.08. The first-order valence-corrected chi connectivity index (χ1v) is 12.2. The van der Waals surface area contributed by atoms with Crippen molar-refractivity contribution >= 4 is 51.4 Å². The van der Waals surface area contributed by atoms with Crippen LogP contribution in [0.3, 0.4) is 0 Å². The number of benzene rings is 4. The van der Waals surface area contributed by atoms with Gasteiger partial charge in [0.25, 0.3) is 0 Å². The normalized spacial score (nSPS) is 11.9. The van der Waals surface area contributed by atoms with Crippen molar-refractivity contribution in [2.45, 2.75) is 6.18 Å². The molecule has 0 bridgehead atoms. The van der Waals surface area contributed by atoms with Crippen LogP contribution in [-0.4, -0.2) is 26.3 Å². The van der Waals surface area contributed by atoms with Gasteiger partial charge in [0.2, 0.25) is 5.88 Å². The number of alkyl halides is 3. The monoisotopic (exact) mass is 585 g/mol. The standard InChI is InChI=1S/C28H16Cl2F3N3O4/c29-16-10-15(11-17(30)12-16)22-20(28(31,32)33)8-7-19-23(22)34-26(38)24(19)36-35-21-6-2-5-18(25(21)37)13-3-1-4-14(9-13)27(39)40/h1-12,34,37-38H,(H,39,40). The smallest absolute Gasteiger partial charge is 0.417 e. The summed E-state index contributed by atoms with van der Waals surface area (Å²) in [6.45, 7) is 0. The summed E-state index contributed by atoms with van der Waals surface area (Å²) in [5, 5.41) is 39.1. The zero-order valence-corrected chi connectivity index (χ0v) is 21.5. The van der Waals surface area contributed by atoms with E-state index in [-0.39, 0.29) is 60.3 Å². The molecule has 7 nitrogen and oxygen atoms in total. The molecule has 0 spiro atoms. The van der Waals surface area contributed by atoms with Gasteiger partial charge in [0.05, 0.1) is 16.6 Å². The van der Waals surface area contributed by atoms with E-state index < -0.39 is 23.6 Å². The molecule has 0 aliphatic carbocycles. The Balaban J connectivity index is 1.63. The minimum absolute atomic E-state index is 0.0164. The van der Waals surface area contributed by atoms with Gasteiger partial charge in [0.1, 0.15) is 5.69 Å². The third-order valence-corrected chi connectivity index (χ3v) is 6.51. The second kappa shape index (κ2) is 10.2. The van der Waals surface area contributed by atoms with Gasteiger partial charge in [-0.15, -0.1) is 10.2 Å². The molecule has 1 heterocycles. The number of rotatable bonds is 5. The van der Waals surface area contributed by atoms with Crippen LogP contribution >= 0.6 is 23.2 Å². The highest BCUT2D eigenvalue weighted by Crippen LogP contribution is 2.47. The van der Waals surface area contributed by atoms with Gasteiger partial charge in [-0.1, -0.05) is 47.5 Å². The molecule has 202 valence electrons. The van der Waals surface area contributed by atoms with Crippen molar-refractivity contribution in [3.63, 3.8) is 0 Å². The molecule has 40 heavy (non-hydrogen) atoms. The zero-order chi connectivity index (χ0) is 28.8. The number of carboxylic acid groups (broad SMARTS) is 1. The number of aromatic nitrogens is 1. The van der Waals surface area contributed by atoms with Gasteiger partial charge >= 0.3 is 12.1 Å². The maximum atomic E-state index is 14.0. The molecule has 0 unspecified atom stereocenters. The number of phenols is 1. The molecule has 5 aromatic rings. The Morgan fingerprint density at radius 1 is 0.850 bits per heavy atom. The number of carbonyl (C=O) groups is 1. The highest BCUT2D eigenvalue weighted by Gasteiger charge is 2.35. The van der Waals surface area contributed by atoms with Crippen LogP contribution in [0.1, 0.15) is 15.9 Å². The number of phenolic OH excluding ortho intramolecular Hbond substituents is 1. The maximum absolute atomic E-state index is 14.0. The van der Waals surface area contributed by atoms with E-state index in [9.17, 15) is 33.3 Å². The number of halogens is 5. The topological polar surface area (TPSA) is 118 Å². The van der Waals surface area contributed by atoms with Crippen molar-refractivity contribution in [2.24, 2.45) is 10.2 Å². The van der Waals surface area contributed by atoms with Crippen LogP contribution in [-0.2, 0) is 6.18 Å². The predicted octanol–water partition coefficient (Wildman–Crippen LogP) is 9.35. The molecule has 0 saturated carbocycles. The molecule has 0 aliphatic rings. The van der Waals surface area contributed by atoms with E-state index in [1.807, 2.05) is 0 Å². The average molecular weight is 586 g/mol. The van der Waals surface area contributed by atoms with Crippen LogP contribution in [0.4, 0.5) is 24.5 Å². The maximum Gasteiger partial charge on any atom is 0.417 e. The predicted molar refractivity (Wildman–Crippen MR) is 145 cm³/mol. The number of aromatic carboxylic acids is 1. The summed E-state index contributed by atoms with van der Waals surface area (Å²) in [5.74, 6) is -2.01. The number of H-pyrrole nitrogens is 1. The van der Waals surface area contributed by atoms with Crippen molar-refractivity contribution in [2.75, 3.05) is 0 Å². The van der Waals surface area contributed by atoms with Crippen LogP contribution in [0, 0.1) is 0 Å². The van der Waals surface area contributed by atoms with E-state index in [0.29, 0.717) is 5.56 Å². The fourth-order valence-corrected chi connectivity index (χ4v) is 4.87. The summed E-state index contributed by atoms with van der Waals surface area (Å²) in [6, 6.07) is 16.5. The molecule has 0 aliphatic heterocycles. The van der Waals surface area contributed by atoms with E-state index in [2.05, 4.69) is 15.2 Å². The first-order valence-electron chi connectivity index (χ1n) is 11.4. The highest BCUT2D eigenvalue weighted by atomic mass is 35.5. The van der Waals surface area contributed by atoms with Crippen LogP contribution in [0.2, 0.25) is 10.0 Å². The second-order valence-corrected chi connectivity index (χ2v) is 9.52. The van der Waals surface area contributed by atoms with Crippen molar-refractivity contribution in [1.82, 2.24) is 4.98 Å². The summed E-state index contributed by atoms with van der Waals surface area (Å²) in [4.78, 5) is 13.9. The number of aromatic amines is 1. The van der Waals surface area contributed by atoms with Crippen LogP contribution in [0.5, 0.6) is 11.6 Å². The molecule has 5 rings (SSSR count). The fourth-order valence-electron chi connectivity index (χ4n) is 4.34. The van der Waals surface area contributed by atoms with Crippen molar-refractivity contribution in [3.05, 3.63) is 94.0 Å². The Morgan fingerprint density at radius 3 is 2.23 bits per heavy atom. The zero-order valence-electron chi connectivity index (χ0n) is 20.0. The lowest BCUT2D eigenvalue weighted by Gasteiger charge is -2.15. The van der Waals surface area contributed by atoms with Gasteiger partial charge in [0, 0.05) is 26.6 Å². The van der Waals surface area contributed by atoms with Crippen LogP contribution in [0.25, 0.3) is 33.2 Å². The minimum Gasteiger partial charge on any atom is -0.505 e. The largest absolute Gasteiger partial charge is 0.505 e. The lowest BCUT2D eigenvalue weighted by Crippen LogP contribution is -2.07. The lowest BCUT2D eigenvalue weighted by molar-refractivity contribution is -0.137. The first-order chi connectivity index (χ1) is 18.9. The van der Waals surface area contributed by atoms with Gasteiger partial charge in [-0.2, -0.15) is 13.2 Å². The summed E-state index contributed by atoms with van der Waals surface area (Å²) in [6.07, 6.45) is -4.75. The molecular weight excluding hydrogens is 570 g/mol. The van der Waals surface area contributed by atoms with Crippen molar-refractivity contribution in [3.8, 4) is 33.9 Å². The number of fused-ring (bicyclic) bond motifs is 1. The number of nitrogens with one attached hydrogen (secondary N) is 1. The van der Waals surface area contributed by atoms with Gasteiger partial charge in [-0.3, -0.25) is 0 Å². The number of hydrogen-bond acceptors (Lipinski definition) is 5. The Hall–Kier alpha value is -4.54. The Bertz CT molecular complexity index is 1810. The van der Waals surface area contributed by atoms with Gasteiger partial charge in [0.15, 0.2) is 11.4 Å². The summed E-state index contributed by atoms with van der Waals surface area (Å²) in [5.41, 5.74) is -0.797. The van der Waals surface area contributed by atoms with E-state index in [4.69, 9.17) is 23.2 Å². The Morgan fingerprint density at radius 2 is 1.55 bits per heavy atom. The van der Waals surface area contributed by atoms with E-state index in [1.54, 1.807) is 18.2 Å². The molecule has 0 atom stereocenters. The Labute approximate surface area is 233 Å². The quantitative estimate of drug-likeness (QED) is 0.154. The van der Waals surface area contributed by atoms with Crippen LogP contribution in [0.15, 0.2) is 83.0 Å². The molecule has 1 aromatic heterocycles. The number of aromatic hydroxyl groups is 2. The third kappa shape index (κ3) is 5.06. The van der Waals surface area contributed by atoms with E-state index in [0.717, 1.165) is 12.1 Å². The molecule has 0 amide bonds. The molecule has 0 radical (unpaired) electrons. The molecule has 4 N–H and O–H groups in total. The molecule has 12 heteroatoms. The molecular formula is C28H16Cl2F3N3O4. The van der Waals surface area contributed by atoms with Gasteiger partial charge in [-0.05, 0) is 59.7 Å². The Kier molecular flexibility index (Phi) is 6.91. The number of azo groups is 1. The number of nitrogens with zero attached hydrogens (tertiary/aromatic N) is 2. The molecule has 4 aromatic carbocycles. The summed E-state index contributed by atoms with van der Waals surface area (Å²) < 4.78 is 42.0. The number of carboxylic acids is 1.